The first kappa shape index (κ1) is 32.0. The van der Waals surface area contributed by atoms with E-state index in [-0.39, 0.29) is 18.0 Å². The lowest BCUT2D eigenvalue weighted by molar-refractivity contribution is -0.118. The highest BCUT2D eigenvalue weighted by molar-refractivity contribution is 9.10. The maximum absolute atomic E-state index is 13.8. The normalized spacial score (nSPS) is 10.7. The van der Waals surface area contributed by atoms with Crippen LogP contribution in [0.5, 0.6) is 23.0 Å². The largest absolute Gasteiger partial charge is 0.490 e. The summed E-state index contributed by atoms with van der Waals surface area (Å²) in [6, 6.07) is 23.9. The Bertz CT molecular complexity index is 1620. The number of anilines is 1. The Hall–Kier alpha value is -4.90. The fourth-order valence-electron chi connectivity index (χ4n) is 3.95. The number of amides is 2. The minimum Gasteiger partial charge on any atom is -0.490 e. The van der Waals surface area contributed by atoms with E-state index in [9.17, 15) is 14.0 Å². The van der Waals surface area contributed by atoms with E-state index in [0.717, 1.165) is 5.56 Å². The predicted molar refractivity (Wildman–Crippen MR) is 169 cm³/mol. The molecule has 11 heteroatoms. The van der Waals surface area contributed by atoms with Crippen LogP contribution < -0.4 is 29.7 Å². The summed E-state index contributed by atoms with van der Waals surface area (Å²) in [6.45, 7) is 4.37. The van der Waals surface area contributed by atoms with E-state index in [1.54, 1.807) is 43.3 Å². The number of benzene rings is 4. The van der Waals surface area contributed by atoms with Gasteiger partial charge in [-0.25, -0.2) is 9.82 Å². The number of rotatable bonds is 14. The smallest absolute Gasteiger partial charge is 0.271 e. The maximum atomic E-state index is 13.8. The summed E-state index contributed by atoms with van der Waals surface area (Å²) in [6.07, 6.45) is 1.45. The first-order chi connectivity index (χ1) is 21.4. The van der Waals surface area contributed by atoms with E-state index in [4.69, 9.17) is 18.9 Å². The number of carbonyl (C=O) groups is 2. The molecule has 4 aromatic carbocycles. The fourth-order valence-corrected chi connectivity index (χ4v) is 4.53. The maximum Gasteiger partial charge on any atom is 0.271 e. The topological polar surface area (TPSA) is 107 Å². The quantitative estimate of drug-likeness (QED) is 0.114. The van der Waals surface area contributed by atoms with Gasteiger partial charge in [-0.15, -0.1) is 0 Å². The average molecular weight is 665 g/mol. The van der Waals surface area contributed by atoms with Crippen LogP contribution in [0.1, 0.15) is 35.3 Å². The SMILES string of the molecule is CCOc1cc(C(=O)N/N=C/c2cc(Br)c(OCC(=O)Nc3ccccc3F)c(OCC)c2)ccc1OCc1ccccc1. The molecule has 4 rings (SSSR count). The number of carbonyl (C=O) groups excluding carboxylic acids is 2. The van der Waals surface area contributed by atoms with E-state index in [2.05, 4.69) is 31.8 Å². The molecule has 0 aromatic heterocycles. The lowest BCUT2D eigenvalue weighted by atomic mass is 10.2. The summed E-state index contributed by atoms with van der Waals surface area (Å²) in [5.41, 5.74) is 4.50. The van der Waals surface area contributed by atoms with Gasteiger partial charge in [0.05, 0.1) is 29.6 Å². The van der Waals surface area contributed by atoms with Crippen molar-refractivity contribution in [2.45, 2.75) is 20.5 Å². The number of nitrogens with zero attached hydrogens (tertiary/aromatic N) is 1. The Balaban J connectivity index is 1.39. The van der Waals surface area contributed by atoms with Crippen LogP contribution in [0.15, 0.2) is 94.5 Å². The Morgan fingerprint density at radius 3 is 2.32 bits per heavy atom. The average Bonchev–Trinajstić information content (AvgIpc) is 3.02. The fraction of sp³-hybridized carbons (Fsp3) is 0.182. The van der Waals surface area contributed by atoms with Crippen molar-refractivity contribution in [3.63, 3.8) is 0 Å². The lowest BCUT2D eigenvalue weighted by Gasteiger charge is -2.15. The molecule has 0 bridgehead atoms. The van der Waals surface area contributed by atoms with E-state index in [1.165, 1.54) is 24.4 Å². The highest BCUT2D eigenvalue weighted by atomic mass is 79.9. The van der Waals surface area contributed by atoms with Crippen LogP contribution in [-0.4, -0.2) is 37.8 Å². The van der Waals surface area contributed by atoms with Gasteiger partial charge in [-0.2, -0.15) is 5.10 Å². The molecule has 0 aliphatic heterocycles. The third kappa shape index (κ3) is 9.05. The highest BCUT2D eigenvalue weighted by Crippen LogP contribution is 2.36. The molecule has 0 aliphatic carbocycles. The first-order valence-electron chi connectivity index (χ1n) is 13.8. The number of hydrazone groups is 1. The minimum atomic E-state index is -0.549. The van der Waals surface area contributed by atoms with Gasteiger partial charge in [0.2, 0.25) is 0 Å². The van der Waals surface area contributed by atoms with E-state index < -0.39 is 17.6 Å². The molecule has 0 atom stereocenters. The molecule has 2 N–H and O–H groups in total. The van der Waals surface area contributed by atoms with Crippen molar-refractivity contribution in [1.82, 2.24) is 5.43 Å². The van der Waals surface area contributed by atoms with Crippen LogP contribution in [0, 0.1) is 5.82 Å². The zero-order chi connectivity index (χ0) is 31.3. The van der Waals surface area contributed by atoms with Crippen molar-refractivity contribution in [3.8, 4) is 23.0 Å². The van der Waals surface area contributed by atoms with Gasteiger partial charge in [-0.05, 0) is 83.4 Å². The molecule has 44 heavy (non-hydrogen) atoms. The zero-order valence-corrected chi connectivity index (χ0v) is 25.7. The van der Waals surface area contributed by atoms with Crippen molar-refractivity contribution in [2.75, 3.05) is 25.1 Å². The molecule has 0 spiro atoms. The van der Waals surface area contributed by atoms with Crippen LogP contribution >= 0.6 is 15.9 Å². The highest BCUT2D eigenvalue weighted by Gasteiger charge is 2.15. The summed E-state index contributed by atoms with van der Waals surface area (Å²) in [5, 5.41) is 6.55. The Labute approximate surface area is 263 Å². The van der Waals surface area contributed by atoms with Gasteiger partial charge in [0.1, 0.15) is 12.4 Å². The number of para-hydroxylation sites is 1. The van der Waals surface area contributed by atoms with Gasteiger partial charge < -0.3 is 24.3 Å². The van der Waals surface area contributed by atoms with E-state index in [0.29, 0.717) is 52.7 Å². The minimum absolute atomic E-state index is 0.0558. The van der Waals surface area contributed by atoms with Crippen molar-refractivity contribution in [1.29, 1.82) is 0 Å². The van der Waals surface area contributed by atoms with Gasteiger partial charge in [0.15, 0.2) is 29.6 Å². The molecule has 0 heterocycles. The monoisotopic (exact) mass is 663 g/mol. The van der Waals surface area contributed by atoms with Gasteiger partial charge in [0, 0.05) is 5.56 Å². The Morgan fingerprint density at radius 2 is 1.57 bits per heavy atom. The number of nitrogens with one attached hydrogen (secondary N) is 2. The summed E-state index contributed by atoms with van der Waals surface area (Å²) in [7, 11) is 0. The molecule has 228 valence electrons. The second kappa shape index (κ2) is 16.1. The van der Waals surface area contributed by atoms with E-state index >= 15 is 0 Å². The number of ether oxygens (including phenoxy) is 4. The predicted octanol–water partition coefficient (Wildman–Crippen LogP) is 6.75. The molecular formula is C33H31BrFN3O6. The molecule has 0 fully saturated rings. The second-order valence-electron chi connectivity index (χ2n) is 9.15. The third-order valence-corrected chi connectivity index (χ3v) is 6.54. The van der Waals surface area contributed by atoms with Gasteiger partial charge in [0.25, 0.3) is 11.8 Å². The Morgan fingerprint density at radius 1 is 0.841 bits per heavy atom. The number of hydrogen-bond donors (Lipinski definition) is 2. The number of halogens is 2. The van der Waals surface area contributed by atoms with Crippen LogP contribution in [0.25, 0.3) is 0 Å². The van der Waals surface area contributed by atoms with Gasteiger partial charge in [-0.3, -0.25) is 9.59 Å². The van der Waals surface area contributed by atoms with Crippen LogP contribution in [0.2, 0.25) is 0 Å². The van der Waals surface area contributed by atoms with E-state index in [1.807, 2.05) is 37.3 Å². The standard InChI is InChI=1S/C33H31BrFN3O6/c1-3-41-29-18-24(14-15-28(29)43-20-22-10-6-5-7-11-22)33(40)38-36-19-23-16-25(34)32(30(17-23)42-4-2)44-21-31(39)37-27-13-9-8-12-26(27)35/h5-19H,3-4,20-21H2,1-2H3,(H,37,39)(H,38,40)/b36-19+. The van der Waals surface area contributed by atoms with Crippen molar-refractivity contribution >= 4 is 39.6 Å². The molecular weight excluding hydrogens is 633 g/mol. The summed E-state index contributed by atoms with van der Waals surface area (Å²) in [4.78, 5) is 25.2. The molecule has 2 amide bonds. The molecule has 0 aliphatic rings. The van der Waals surface area contributed by atoms with Crippen molar-refractivity contribution in [3.05, 3.63) is 112 Å². The first-order valence-corrected chi connectivity index (χ1v) is 14.6. The Kier molecular flexibility index (Phi) is 11.7. The summed E-state index contributed by atoms with van der Waals surface area (Å²) >= 11 is 3.44. The van der Waals surface area contributed by atoms with Gasteiger partial charge in [-0.1, -0.05) is 42.5 Å². The van der Waals surface area contributed by atoms with Crippen molar-refractivity contribution in [2.24, 2.45) is 5.10 Å². The van der Waals surface area contributed by atoms with Gasteiger partial charge >= 0.3 is 0 Å². The van der Waals surface area contributed by atoms with Crippen LogP contribution in [0.4, 0.5) is 10.1 Å². The zero-order valence-electron chi connectivity index (χ0n) is 24.1. The summed E-state index contributed by atoms with van der Waals surface area (Å²) < 4.78 is 37.3. The molecule has 0 radical (unpaired) electrons. The molecule has 0 saturated heterocycles. The third-order valence-electron chi connectivity index (χ3n) is 5.95. The molecule has 9 nitrogen and oxygen atoms in total. The number of hydrogen-bond acceptors (Lipinski definition) is 7. The van der Waals surface area contributed by atoms with Crippen molar-refractivity contribution < 1.29 is 32.9 Å². The van der Waals surface area contributed by atoms with Crippen LogP contribution in [0.3, 0.4) is 0 Å². The lowest BCUT2D eigenvalue weighted by Crippen LogP contribution is -2.21. The molecule has 0 unspecified atom stereocenters. The summed E-state index contributed by atoms with van der Waals surface area (Å²) in [5.74, 6) is 0.0744. The molecule has 4 aromatic rings. The van der Waals surface area contributed by atoms with Crippen LogP contribution in [-0.2, 0) is 11.4 Å². The second-order valence-corrected chi connectivity index (χ2v) is 10.0. The molecule has 0 saturated carbocycles.